The van der Waals surface area contributed by atoms with Gasteiger partial charge in [-0.15, -0.1) is 0 Å². The molecule has 0 unspecified atom stereocenters. The molecule has 0 saturated carbocycles. The van der Waals surface area contributed by atoms with Gasteiger partial charge in [-0.05, 0) is 44.6 Å². The number of rotatable bonds is 6. The van der Waals surface area contributed by atoms with Crippen molar-refractivity contribution in [1.29, 1.82) is 0 Å². The lowest BCUT2D eigenvalue weighted by molar-refractivity contribution is 0.579. The molecule has 32 heavy (non-hydrogen) atoms. The first kappa shape index (κ1) is 21.7. The third-order valence-electron chi connectivity index (χ3n) is 5.25. The van der Waals surface area contributed by atoms with Crippen LogP contribution in [0.15, 0.2) is 60.9 Å². The Labute approximate surface area is 192 Å². The zero-order chi connectivity index (χ0) is 22.7. The highest BCUT2D eigenvalue weighted by Crippen LogP contribution is 2.21. The number of aromatic nitrogens is 4. The molecule has 0 aliphatic heterocycles. The second-order valence-corrected chi connectivity index (χ2v) is 8.19. The standard InChI is InChI=1S/C24H25FN6S/c1-16-8-10-19(11-9-16)13-30-15-21(12-26-30)27-24(32)28-23-17(2)29-31(18(23)3)14-20-6-4-5-7-22(20)25/h4-12,15H,13-14H2,1-3H3,(H2,27,28,32). The summed E-state index contributed by atoms with van der Waals surface area (Å²) in [6.07, 6.45) is 3.65. The van der Waals surface area contributed by atoms with E-state index < -0.39 is 0 Å². The Morgan fingerprint density at radius 3 is 2.50 bits per heavy atom. The molecule has 0 aliphatic rings. The zero-order valence-electron chi connectivity index (χ0n) is 18.3. The summed E-state index contributed by atoms with van der Waals surface area (Å²) in [6, 6.07) is 15.1. The number of benzene rings is 2. The van der Waals surface area contributed by atoms with Crippen molar-refractivity contribution in [3.8, 4) is 0 Å². The molecule has 0 bridgehead atoms. The number of hydrogen-bond acceptors (Lipinski definition) is 3. The van der Waals surface area contributed by atoms with Gasteiger partial charge in [0.1, 0.15) is 5.82 Å². The predicted octanol–water partition coefficient (Wildman–Crippen LogP) is 5.05. The molecule has 4 rings (SSSR count). The molecule has 2 aromatic heterocycles. The van der Waals surface area contributed by atoms with Crippen LogP contribution in [0.5, 0.6) is 0 Å². The van der Waals surface area contributed by atoms with E-state index in [1.165, 1.54) is 17.2 Å². The normalized spacial score (nSPS) is 10.9. The van der Waals surface area contributed by atoms with Crippen molar-refractivity contribution in [2.45, 2.75) is 33.9 Å². The van der Waals surface area contributed by atoms with Gasteiger partial charge in [0.15, 0.2) is 5.11 Å². The number of halogens is 1. The Bertz CT molecular complexity index is 1240. The first-order valence-corrected chi connectivity index (χ1v) is 10.7. The lowest BCUT2D eigenvalue weighted by Crippen LogP contribution is -2.19. The summed E-state index contributed by atoms with van der Waals surface area (Å²) in [6.45, 7) is 6.94. The Morgan fingerprint density at radius 2 is 1.75 bits per heavy atom. The highest BCUT2D eigenvalue weighted by atomic mass is 32.1. The van der Waals surface area contributed by atoms with E-state index in [1.807, 2.05) is 30.8 Å². The monoisotopic (exact) mass is 448 g/mol. The van der Waals surface area contributed by atoms with Crippen LogP contribution < -0.4 is 10.6 Å². The van der Waals surface area contributed by atoms with Crippen molar-refractivity contribution in [3.63, 3.8) is 0 Å². The Kier molecular flexibility index (Phi) is 6.32. The van der Waals surface area contributed by atoms with Gasteiger partial charge in [-0.2, -0.15) is 10.2 Å². The molecule has 0 atom stereocenters. The van der Waals surface area contributed by atoms with E-state index in [9.17, 15) is 4.39 Å². The minimum Gasteiger partial charge on any atom is -0.330 e. The largest absolute Gasteiger partial charge is 0.330 e. The summed E-state index contributed by atoms with van der Waals surface area (Å²) < 4.78 is 17.7. The SMILES string of the molecule is Cc1ccc(Cn2cc(NC(=S)Nc3c(C)nn(Cc4ccccc4F)c3C)cn2)cc1. The number of aryl methyl sites for hydroxylation is 2. The molecule has 2 aromatic carbocycles. The van der Waals surface area contributed by atoms with E-state index in [4.69, 9.17) is 12.2 Å². The second kappa shape index (κ2) is 9.32. The summed E-state index contributed by atoms with van der Waals surface area (Å²) in [5, 5.41) is 15.8. The summed E-state index contributed by atoms with van der Waals surface area (Å²) in [7, 11) is 0. The molecule has 6 nitrogen and oxygen atoms in total. The van der Waals surface area contributed by atoms with E-state index in [1.54, 1.807) is 23.0 Å². The van der Waals surface area contributed by atoms with Gasteiger partial charge in [-0.3, -0.25) is 9.36 Å². The van der Waals surface area contributed by atoms with E-state index in [-0.39, 0.29) is 5.82 Å². The molecule has 0 radical (unpaired) electrons. The molecule has 0 spiro atoms. The van der Waals surface area contributed by atoms with Crippen LogP contribution >= 0.6 is 12.2 Å². The van der Waals surface area contributed by atoms with Crippen LogP contribution in [0.25, 0.3) is 0 Å². The molecule has 0 saturated heterocycles. The molecule has 4 aromatic rings. The van der Waals surface area contributed by atoms with E-state index >= 15 is 0 Å². The van der Waals surface area contributed by atoms with Crippen LogP contribution in [0.3, 0.4) is 0 Å². The third-order valence-corrected chi connectivity index (χ3v) is 5.46. The van der Waals surface area contributed by atoms with Crippen LogP contribution in [-0.4, -0.2) is 24.7 Å². The third kappa shape index (κ3) is 5.03. The maximum Gasteiger partial charge on any atom is 0.175 e. The maximum atomic E-state index is 14.0. The minimum absolute atomic E-state index is 0.241. The second-order valence-electron chi connectivity index (χ2n) is 7.79. The zero-order valence-corrected chi connectivity index (χ0v) is 19.1. The minimum atomic E-state index is -0.241. The van der Waals surface area contributed by atoms with Crippen LogP contribution in [0.4, 0.5) is 15.8 Å². The van der Waals surface area contributed by atoms with Gasteiger partial charge in [0.2, 0.25) is 0 Å². The number of anilines is 2. The quantitative estimate of drug-likeness (QED) is 0.404. The van der Waals surface area contributed by atoms with Crippen LogP contribution in [-0.2, 0) is 13.1 Å². The highest BCUT2D eigenvalue weighted by Gasteiger charge is 2.14. The number of hydrogen-bond donors (Lipinski definition) is 2. The molecule has 2 heterocycles. The number of nitrogens with zero attached hydrogens (tertiary/aromatic N) is 4. The van der Waals surface area contributed by atoms with Crippen molar-refractivity contribution in [2.75, 3.05) is 10.6 Å². The first-order chi connectivity index (χ1) is 15.4. The van der Waals surface area contributed by atoms with E-state index in [2.05, 4.69) is 52.0 Å². The molecular weight excluding hydrogens is 423 g/mol. The summed E-state index contributed by atoms with van der Waals surface area (Å²) in [4.78, 5) is 0. The topological polar surface area (TPSA) is 59.7 Å². The average molecular weight is 449 g/mol. The van der Waals surface area contributed by atoms with Gasteiger partial charge in [-0.25, -0.2) is 4.39 Å². The Balaban J connectivity index is 1.40. The average Bonchev–Trinajstić information content (AvgIpc) is 3.30. The molecule has 0 aliphatic carbocycles. The van der Waals surface area contributed by atoms with Gasteiger partial charge in [-0.1, -0.05) is 48.0 Å². The lowest BCUT2D eigenvalue weighted by Gasteiger charge is -2.10. The van der Waals surface area contributed by atoms with Gasteiger partial charge < -0.3 is 10.6 Å². The lowest BCUT2D eigenvalue weighted by atomic mass is 10.1. The van der Waals surface area contributed by atoms with Gasteiger partial charge in [0, 0.05) is 11.8 Å². The van der Waals surface area contributed by atoms with E-state index in [0.717, 1.165) is 22.8 Å². The van der Waals surface area contributed by atoms with Crippen LogP contribution in [0.1, 0.15) is 28.1 Å². The van der Waals surface area contributed by atoms with E-state index in [0.29, 0.717) is 23.8 Å². The van der Waals surface area contributed by atoms with Crippen LogP contribution in [0, 0.1) is 26.6 Å². The fourth-order valence-corrected chi connectivity index (χ4v) is 3.71. The summed E-state index contributed by atoms with van der Waals surface area (Å²) >= 11 is 5.49. The van der Waals surface area contributed by atoms with Gasteiger partial charge in [0.25, 0.3) is 0 Å². The molecular formula is C24H25FN6S. The molecule has 0 fully saturated rings. The molecule has 2 N–H and O–H groups in total. The number of thiocarbonyl (C=S) groups is 1. The van der Waals surface area contributed by atoms with Crippen molar-refractivity contribution >= 4 is 28.7 Å². The highest BCUT2D eigenvalue weighted by molar-refractivity contribution is 7.80. The Morgan fingerprint density at radius 1 is 1.00 bits per heavy atom. The van der Waals surface area contributed by atoms with Gasteiger partial charge >= 0.3 is 0 Å². The summed E-state index contributed by atoms with van der Waals surface area (Å²) in [5.74, 6) is -0.241. The van der Waals surface area contributed by atoms with Crippen molar-refractivity contribution < 1.29 is 4.39 Å². The molecule has 0 amide bonds. The van der Waals surface area contributed by atoms with Crippen molar-refractivity contribution in [3.05, 3.63) is 94.8 Å². The maximum absolute atomic E-state index is 14.0. The summed E-state index contributed by atoms with van der Waals surface area (Å²) in [5.41, 5.74) is 6.28. The first-order valence-electron chi connectivity index (χ1n) is 10.3. The Hall–Kier alpha value is -3.52. The number of nitrogens with one attached hydrogen (secondary N) is 2. The fraction of sp³-hybridized carbons (Fsp3) is 0.208. The molecule has 164 valence electrons. The van der Waals surface area contributed by atoms with Crippen LogP contribution in [0.2, 0.25) is 0 Å². The fourth-order valence-electron chi connectivity index (χ4n) is 3.49. The van der Waals surface area contributed by atoms with Gasteiger partial charge in [0.05, 0.1) is 42.0 Å². The van der Waals surface area contributed by atoms with Crippen molar-refractivity contribution in [2.24, 2.45) is 0 Å². The molecule has 8 heteroatoms. The van der Waals surface area contributed by atoms with Crippen molar-refractivity contribution in [1.82, 2.24) is 19.6 Å². The predicted molar refractivity (Wildman–Crippen MR) is 130 cm³/mol. The smallest absolute Gasteiger partial charge is 0.175 e.